The van der Waals surface area contributed by atoms with Gasteiger partial charge in [-0.2, -0.15) is 5.10 Å². The highest BCUT2D eigenvalue weighted by atomic mass is 16.2. The third-order valence-corrected chi connectivity index (χ3v) is 3.09. The first kappa shape index (κ1) is 13.5. The van der Waals surface area contributed by atoms with Crippen molar-refractivity contribution in [3.8, 4) is 0 Å². The van der Waals surface area contributed by atoms with E-state index in [2.05, 4.69) is 10.4 Å². The number of rotatable bonds is 6. The molecular formula is C14H19N3O2. The number of hydrogen-bond acceptors (Lipinski definition) is 3. The molecule has 2 rings (SSSR count). The van der Waals surface area contributed by atoms with Crippen molar-refractivity contribution in [2.75, 3.05) is 13.2 Å². The molecule has 2 aromatic rings. The van der Waals surface area contributed by atoms with Gasteiger partial charge >= 0.3 is 0 Å². The Labute approximate surface area is 112 Å². The van der Waals surface area contributed by atoms with Crippen molar-refractivity contribution in [3.63, 3.8) is 0 Å². The Morgan fingerprint density at radius 1 is 1.32 bits per heavy atom. The van der Waals surface area contributed by atoms with E-state index in [1.54, 1.807) is 4.68 Å². The molecule has 5 heteroatoms. The van der Waals surface area contributed by atoms with Gasteiger partial charge in [-0.1, -0.05) is 18.2 Å². The third kappa shape index (κ3) is 3.12. The van der Waals surface area contributed by atoms with Gasteiger partial charge in [0.1, 0.15) is 0 Å². The van der Waals surface area contributed by atoms with Crippen LogP contribution in [0.25, 0.3) is 10.9 Å². The Morgan fingerprint density at radius 2 is 2.11 bits per heavy atom. The van der Waals surface area contributed by atoms with Gasteiger partial charge in [0.15, 0.2) is 5.69 Å². The third-order valence-electron chi connectivity index (χ3n) is 3.09. The average molecular weight is 261 g/mol. The minimum absolute atomic E-state index is 0.138. The van der Waals surface area contributed by atoms with Gasteiger partial charge in [-0.25, -0.2) is 0 Å². The first-order valence-electron chi connectivity index (χ1n) is 6.55. The molecule has 0 unspecified atom stereocenters. The first-order chi connectivity index (χ1) is 9.24. The number of aliphatic hydroxyl groups is 1. The van der Waals surface area contributed by atoms with Crippen molar-refractivity contribution >= 4 is 16.8 Å². The summed E-state index contributed by atoms with van der Waals surface area (Å²) in [5.41, 5.74) is 1.42. The zero-order valence-electron chi connectivity index (χ0n) is 11.1. The number of aliphatic hydroxyl groups excluding tert-OH is 1. The van der Waals surface area contributed by atoms with E-state index in [1.807, 2.05) is 31.3 Å². The summed E-state index contributed by atoms with van der Waals surface area (Å²) in [6.07, 6.45) is 2.57. The zero-order chi connectivity index (χ0) is 13.7. The molecule has 0 atom stereocenters. The van der Waals surface area contributed by atoms with Gasteiger partial charge in [0.25, 0.3) is 5.91 Å². The molecule has 0 saturated carbocycles. The molecule has 0 aliphatic rings. The SMILES string of the molecule is Cn1nc(C(=O)NCCCCCO)c2ccccc21. The fourth-order valence-electron chi connectivity index (χ4n) is 2.08. The summed E-state index contributed by atoms with van der Waals surface area (Å²) in [5.74, 6) is -0.138. The summed E-state index contributed by atoms with van der Waals surface area (Å²) in [7, 11) is 1.83. The number of aryl methyl sites for hydroxylation is 1. The molecule has 5 nitrogen and oxygen atoms in total. The van der Waals surface area contributed by atoms with Gasteiger partial charge in [-0.05, 0) is 25.3 Å². The maximum absolute atomic E-state index is 12.1. The van der Waals surface area contributed by atoms with Gasteiger partial charge in [-0.15, -0.1) is 0 Å². The van der Waals surface area contributed by atoms with Crippen LogP contribution in [-0.4, -0.2) is 33.9 Å². The summed E-state index contributed by atoms with van der Waals surface area (Å²) in [4.78, 5) is 12.1. The lowest BCUT2D eigenvalue weighted by atomic mass is 10.2. The van der Waals surface area contributed by atoms with Crippen LogP contribution < -0.4 is 5.32 Å². The van der Waals surface area contributed by atoms with Gasteiger partial charge in [-0.3, -0.25) is 9.48 Å². The molecule has 0 saturated heterocycles. The highest BCUT2D eigenvalue weighted by Crippen LogP contribution is 2.17. The van der Waals surface area contributed by atoms with E-state index in [4.69, 9.17) is 5.11 Å². The lowest BCUT2D eigenvalue weighted by Crippen LogP contribution is -2.25. The molecule has 1 heterocycles. The Kier molecular flexibility index (Phi) is 4.52. The molecular weight excluding hydrogens is 242 g/mol. The fraction of sp³-hybridized carbons (Fsp3) is 0.429. The van der Waals surface area contributed by atoms with Crippen molar-refractivity contribution in [1.29, 1.82) is 0 Å². The lowest BCUT2D eigenvalue weighted by Gasteiger charge is -2.02. The quantitative estimate of drug-likeness (QED) is 0.774. The smallest absolute Gasteiger partial charge is 0.272 e. The van der Waals surface area contributed by atoms with Crippen molar-refractivity contribution in [1.82, 2.24) is 15.1 Å². The summed E-state index contributed by atoms with van der Waals surface area (Å²) >= 11 is 0. The summed E-state index contributed by atoms with van der Waals surface area (Å²) in [5, 5.41) is 16.7. The standard InChI is InChI=1S/C14H19N3O2/c1-17-12-8-4-3-7-11(12)13(16-17)14(19)15-9-5-2-6-10-18/h3-4,7-8,18H,2,5-6,9-10H2,1H3,(H,15,19). The maximum atomic E-state index is 12.1. The van der Waals surface area contributed by atoms with Crippen molar-refractivity contribution in [2.45, 2.75) is 19.3 Å². The van der Waals surface area contributed by atoms with E-state index >= 15 is 0 Å². The Balaban J connectivity index is 2.01. The van der Waals surface area contributed by atoms with Gasteiger partial charge < -0.3 is 10.4 Å². The van der Waals surface area contributed by atoms with Crippen molar-refractivity contribution < 1.29 is 9.90 Å². The molecule has 1 aromatic heterocycles. The van der Waals surface area contributed by atoms with E-state index < -0.39 is 0 Å². The molecule has 19 heavy (non-hydrogen) atoms. The molecule has 2 N–H and O–H groups in total. The van der Waals surface area contributed by atoms with Crippen molar-refractivity contribution in [3.05, 3.63) is 30.0 Å². The number of amides is 1. The van der Waals surface area contributed by atoms with Crippen LogP contribution in [0.4, 0.5) is 0 Å². The number of hydrogen-bond donors (Lipinski definition) is 2. The van der Waals surface area contributed by atoms with Crippen LogP contribution in [0, 0.1) is 0 Å². The number of fused-ring (bicyclic) bond motifs is 1. The van der Waals surface area contributed by atoms with Crippen LogP contribution in [0.3, 0.4) is 0 Å². The first-order valence-corrected chi connectivity index (χ1v) is 6.55. The topological polar surface area (TPSA) is 67.2 Å². The second-order valence-electron chi connectivity index (χ2n) is 4.53. The normalized spacial score (nSPS) is 10.8. The van der Waals surface area contributed by atoms with Gasteiger partial charge in [0.05, 0.1) is 5.52 Å². The molecule has 0 fully saturated rings. The molecule has 102 valence electrons. The molecule has 0 aliphatic carbocycles. The number of aromatic nitrogens is 2. The predicted molar refractivity (Wildman–Crippen MR) is 74.0 cm³/mol. The number of nitrogens with one attached hydrogen (secondary N) is 1. The van der Waals surface area contributed by atoms with Crippen LogP contribution >= 0.6 is 0 Å². The summed E-state index contributed by atoms with van der Waals surface area (Å²) in [6.45, 7) is 0.822. The molecule has 0 aliphatic heterocycles. The highest BCUT2D eigenvalue weighted by Gasteiger charge is 2.14. The minimum Gasteiger partial charge on any atom is -0.396 e. The van der Waals surface area contributed by atoms with Crippen molar-refractivity contribution in [2.24, 2.45) is 7.05 Å². The zero-order valence-corrected chi connectivity index (χ0v) is 11.1. The number of benzene rings is 1. The molecule has 0 radical (unpaired) electrons. The predicted octanol–water partition coefficient (Wildman–Crippen LogP) is 1.47. The second-order valence-corrected chi connectivity index (χ2v) is 4.53. The van der Waals surface area contributed by atoms with Crippen LogP contribution in [0.1, 0.15) is 29.8 Å². The Morgan fingerprint density at radius 3 is 2.89 bits per heavy atom. The van der Waals surface area contributed by atoms with Crippen LogP contribution in [0.2, 0.25) is 0 Å². The van der Waals surface area contributed by atoms with Gasteiger partial charge in [0, 0.05) is 25.6 Å². The number of nitrogens with zero attached hydrogens (tertiary/aromatic N) is 2. The van der Waals surface area contributed by atoms with Gasteiger partial charge in [0.2, 0.25) is 0 Å². The number of carbonyl (C=O) groups excluding carboxylic acids is 1. The molecule has 1 aromatic carbocycles. The van der Waals surface area contributed by atoms with E-state index in [0.29, 0.717) is 12.2 Å². The Hall–Kier alpha value is -1.88. The lowest BCUT2D eigenvalue weighted by molar-refractivity contribution is 0.0948. The van der Waals surface area contributed by atoms with E-state index in [9.17, 15) is 4.79 Å². The molecule has 1 amide bonds. The fourth-order valence-corrected chi connectivity index (χ4v) is 2.08. The monoisotopic (exact) mass is 261 g/mol. The van der Waals surface area contributed by atoms with E-state index in [-0.39, 0.29) is 12.5 Å². The molecule has 0 bridgehead atoms. The largest absolute Gasteiger partial charge is 0.396 e. The summed E-state index contributed by atoms with van der Waals surface area (Å²) in [6, 6.07) is 7.69. The van der Waals surface area contributed by atoms with Crippen LogP contribution in [0.5, 0.6) is 0 Å². The number of unbranched alkanes of at least 4 members (excludes halogenated alkanes) is 2. The Bertz CT molecular complexity index is 563. The summed E-state index contributed by atoms with van der Waals surface area (Å²) < 4.78 is 1.72. The van der Waals surface area contributed by atoms with E-state index in [1.165, 1.54) is 0 Å². The van der Waals surface area contributed by atoms with E-state index in [0.717, 1.165) is 30.2 Å². The van der Waals surface area contributed by atoms with Crippen LogP contribution in [0.15, 0.2) is 24.3 Å². The average Bonchev–Trinajstić information content (AvgIpc) is 2.76. The maximum Gasteiger partial charge on any atom is 0.272 e. The second kappa shape index (κ2) is 6.33. The molecule has 0 spiro atoms. The number of carbonyl (C=O) groups is 1. The van der Waals surface area contributed by atoms with Crippen LogP contribution in [-0.2, 0) is 7.05 Å². The highest BCUT2D eigenvalue weighted by molar-refractivity contribution is 6.04. The number of para-hydroxylation sites is 1. The minimum atomic E-state index is -0.138.